The standard InChI is InChI=1S/C14H26N2O3S/c1-7-14(5)13(18)16(10(4)8-20(6)19)11(9(2)3)12(17)15-14/h9-11H,7-8H2,1-6H3,(H,15,17). The molecule has 1 fully saturated rings. The first-order valence-electron chi connectivity index (χ1n) is 7.08. The molecule has 20 heavy (non-hydrogen) atoms. The average Bonchev–Trinajstić information content (AvgIpc) is 2.31. The number of carbonyl (C=O) groups is 2. The highest BCUT2D eigenvalue weighted by atomic mass is 32.2. The van der Waals surface area contributed by atoms with Crippen molar-refractivity contribution in [1.29, 1.82) is 0 Å². The van der Waals surface area contributed by atoms with Crippen LogP contribution in [0.25, 0.3) is 0 Å². The van der Waals surface area contributed by atoms with E-state index in [0.29, 0.717) is 12.2 Å². The zero-order valence-corrected chi connectivity index (χ0v) is 14.0. The Hall–Kier alpha value is -0.910. The zero-order chi connectivity index (χ0) is 15.7. The number of nitrogens with one attached hydrogen (secondary N) is 1. The third-order valence-electron chi connectivity index (χ3n) is 3.96. The highest BCUT2D eigenvalue weighted by molar-refractivity contribution is 7.84. The second-order valence-corrected chi connectivity index (χ2v) is 7.64. The molecule has 0 aliphatic carbocycles. The van der Waals surface area contributed by atoms with Crippen molar-refractivity contribution in [1.82, 2.24) is 10.2 Å². The van der Waals surface area contributed by atoms with E-state index < -0.39 is 22.4 Å². The molecular weight excluding hydrogens is 276 g/mol. The minimum absolute atomic E-state index is 0.0214. The minimum Gasteiger partial charge on any atom is -0.340 e. The molecule has 5 nitrogen and oxygen atoms in total. The second-order valence-electron chi connectivity index (χ2n) is 6.17. The van der Waals surface area contributed by atoms with Gasteiger partial charge in [0.1, 0.15) is 11.6 Å². The molecule has 0 aromatic rings. The Morgan fingerprint density at radius 1 is 1.35 bits per heavy atom. The van der Waals surface area contributed by atoms with Crippen molar-refractivity contribution in [3.63, 3.8) is 0 Å². The van der Waals surface area contributed by atoms with Crippen molar-refractivity contribution >= 4 is 22.6 Å². The molecule has 0 saturated carbocycles. The molecule has 4 unspecified atom stereocenters. The molecule has 116 valence electrons. The van der Waals surface area contributed by atoms with Crippen molar-refractivity contribution in [3.05, 3.63) is 0 Å². The number of carbonyl (C=O) groups excluding carboxylic acids is 2. The van der Waals surface area contributed by atoms with E-state index in [1.807, 2.05) is 27.7 Å². The predicted octanol–water partition coefficient (Wildman–Crippen LogP) is 0.905. The Labute approximate surface area is 123 Å². The van der Waals surface area contributed by atoms with Crippen LogP contribution < -0.4 is 5.32 Å². The Morgan fingerprint density at radius 3 is 2.30 bits per heavy atom. The third-order valence-corrected chi connectivity index (χ3v) is 4.92. The molecule has 1 aliphatic heterocycles. The molecule has 1 heterocycles. The van der Waals surface area contributed by atoms with Crippen LogP contribution in [-0.2, 0) is 20.4 Å². The normalized spacial score (nSPS) is 30.4. The van der Waals surface area contributed by atoms with E-state index in [0.717, 1.165) is 0 Å². The van der Waals surface area contributed by atoms with Gasteiger partial charge in [0.15, 0.2) is 0 Å². The van der Waals surface area contributed by atoms with E-state index in [9.17, 15) is 13.8 Å². The van der Waals surface area contributed by atoms with Gasteiger partial charge < -0.3 is 10.2 Å². The van der Waals surface area contributed by atoms with Crippen molar-refractivity contribution in [2.75, 3.05) is 12.0 Å². The lowest BCUT2D eigenvalue weighted by Gasteiger charge is -2.48. The van der Waals surface area contributed by atoms with Gasteiger partial charge in [-0.25, -0.2) is 0 Å². The van der Waals surface area contributed by atoms with Crippen LogP contribution in [0.1, 0.15) is 41.0 Å². The van der Waals surface area contributed by atoms with Crippen LogP contribution in [0.2, 0.25) is 0 Å². The zero-order valence-electron chi connectivity index (χ0n) is 13.2. The van der Waals surface area contributed by atoms with Gasteiger partial charge in [0, 0.05) is 28.9 Å². The first kappa shape index (κ1) is 17.1. The number of hydrogen-bond donors (Lipinski definition) is 1. The average molecular weight is 302 g/mol. The predicted molar refractivity (Wildman–Crippen MR) is 80.7 cm³/mol. The van der Waals surface area contributed by atoms with E-state index in [1.54, 1.807) is 18.1 Å². The minimum atomic E-state index is -1.00. The van der Waals surface area contributed by atoms with Crippen LogP contribution in [0.15, 0.2) is 0 Å². The lowest BCUT2D eigenvalue weighted by Crippen LogP contribution is -2.72. The van der Waals surface area contributed by atoms with Crippen LogP contribution >= 0.6 is 0 Å². The maximum Gasteiger partial charge on any atom is 0.248 e. The molecule has 6 heteroatoms. The fourth-order valence-corrected chi connectivity index (χ4v) is 3.53. The van der Waals surface area contributed by atoms with Gasteiger partial charge in [0.2, 0.25) is 11.8 Å². The van der Waals surface area contributed by atoms with Crippen LogP contribution in [-0.4, -0.2) is 50.6 Å². The fraction of sp³-hybridized carbons (Fsp3) is 0.857. The molecular formula is C14H26N2O3S. The number of rotatable bonds is 5. The summed E-state index contributed by atoms with van der Waals surface area (Å²) in [7, 11) is -1.00. The summed E-state index contributed by atoms with van der Waals surface area (Å²) < 4.78 is 11.5. The SMILES string of the molecule is CCC1(C)NC(=O)C(C(C)C)N(C(C)CS(C)=O)C1=O. The molecule has 1 aliphatic rings. The molecule has 1 saturated heterocycles. The molecule has 0 radical (unpaired) electrons. The summed E-state index contributed by atoms with van der Waals surface area (Å²) >= 11 is 0. The van der Waals surface area contributed by atoms with Crippen molar-refractivity contribution in [3.8, 4) is 0 Å². The first-order chi connectivity index (χ1) is 9.14. The molecule has 0 aromatic carbocycles. The van der Waals surface area contributed by atoms with Crippen molar-refractivity contribution in [2.45, 2.75) is 58.7 Å². The molecule has 1 N–H and O–H groups in total. The van der Waals surface area contributed by atoms with Gasteiger partial charge >= 0.3 is 0 Å². The van der Waals surface area contributed by atoms with E-state index in [2.05, 4.69) is 5.32 Å². The van der Waals surface area contributed by atoms with E-state index in [1.165, 1.54) is 0 Å². The van der Waals surface area contributed by atoms with Crippen LogP contribution in [0.5, 0.6) is 0 Å². The summed E-state index contributed by atoms with van der Waals surface area (Å²) in [6.45, 7) is 9.36. The largest absolute Gasteiger partial charge is 0.340 e. The highest BCUT2D eigenvalue weighted by Crippen LogP contribution is 2.27. The van der Waals surface area contributed by atoms with Crippen LogP contribution in [0.4, 0.5) is 0 Å². The quantitative estimate of drug-likeness (QED) is 0.821. The summed E-state index contributed by atoms with van der Waals surface area (Å²) in [4.78, 5) is 26.8. The van der Waals surface area contributed by atoms with Crippen molar-refractivity contribution < 1.29 is 13.8 Å². The molecule has 4 atom stereocenters. The topological polar surface area (TPSA) is 66.5 Å². The summed E-state index contributed by atoms with van der Waals surface area (Å²) in [5.74, 6) is 0.226. The summed E-state index contributed by atoms with van der Waals surface area (Å²) in [6.07, 6.45) is 2.16. The van der Waals surface area contributed by atoms with E-state index >= 15 is 0 Å². The number of nitrogens with zero attached hydrogens (tertiary/aromatic N) is 1. The smallest absolute Gasteiger partial charge is 0.248 e. The van der Waals surface area contributed by atoms with Gasteiger partial charge in [-0.05, 0) is 26.2 Å². The van der Waals surface area contributed by atoms with Gasteiger partial charge in [-0.15, -0.1) is 0 Å². The van der Waals surface area contributed by atoms with Gasteiger partial charge in [-0.1, -0.05) is 20.8 Å². The Kier molecular flexibility index (Phi) is 5.35. The molecule has 0 aromatic heterocycles. The number of piperazine rings is 1. The van der Waals surface area contributed by atoms with Crippen LogP contribution in [0, 0.1) is 5.92 Å². The number of amides is 2. The molecule has 1 rings (SSSR count). The molecule has 2 amide bonds. The van der Waals surface area contributed by atoms with Crippen LogP contribution in [0.3, 0.4) is 0 Å². The summed E-state index contributed by atoms with van der Waals surface area (Å²) in [5, 5.41) is 2.86. The second kappa shape index (κ2) is 6.24. The van der Waals surface area contributed by atoms with Gasteiger partial charge in [0.05, 0.1) is 0 Å². The lowest BCUT2D eigenvalue weighted by atomic mass is 9.87. The Balaban J connectivity index is 3.17. The van der Waals surface area contributed by atoms with E-state index in [-0.39, 0.29) is 23.8 Å². The Bertz CT molecular complexity index is 425. The third kappa shape index (κ3) is 3.22. The maximum atomic E-state index is 12.8. The van der Waals surface area contributed by atoms with Gasteiger partial charge in [-0.2, -0.15) is 0 Å². The lowest BCUT2D eigenvalue weighted by molar-refractivity contribution is -0.158. The van der Waals surface area contributed by atoms with E-state index in [4.69, 9.17) is 0 Å². The monoisotopic (exact) mass is 302 g/mol. The maximum absolute atomic E-state index is 12.8. The summed E-state index contributed by atoms with van der Waals surface area (Å²) in [6, 6.07) is -0.696. The molecule has 0 bridgehead atoms. The highest BCUT2D eigenvalue weighted by Gasteiger charge is 2.49. The summed E-state index contributed by atoms with van der Waals surface area (Å²) in [5.41, 5.74) is -0.855. The van der Waals surface area contributed by atoms with Crippen molar-refractivity contribution in [2.24, 2.45) is 5.92 Å². The molecule has 0 spiro atoms. The fourth-order valence-electron chi connectivity index (χ4n) is 2.69. The van der Waals surface area contributed by atoms with Gasteiger partial charge in [0.25, 0.3) is 0 Å². The number of hydrogen-bond acceptors (Lipinski definition) is 3. The Morgan fingerprint density at radius 2 is 1.90 bits per heavy atom. The van der Waals surface area contributed by atoms with Gasteiger partial charge in [-0.3, -0.25) is 13.8 Å². The first-order valence-corrected chi connectivity index (χ1v) is 8.81.